The van der Waals surface area contributed by atoms with E-state index in [9.17, 15) is 4.79 Å². The van der Waals surface area contributed by atoms with Crippen LogP contribution in [0.3, 0.4) is 0 Å². The van der Waals surface area contributed by atoms with Crippen LogP contribution in [-0.2, 0) is 0 Å². The summed E-state index contributed by atoms with van der Waals surface area (Å²) in [7, 11) is 0. The zero-order valence-corrected chi connectivity index (χ0v) is 12.1. The molecule has 0 saturated carbocycles. The Morgan fingerprint density at radius 3 is 2.82 bits per heavy atom. The molecule has 0 spiro atoms. The summed E-state index contributed by atoms with van der Waals surface area (Å²) in [5.74, 6) is -0.0973. The lowest BCUT2D eigenvalue weighted by molar-refractivity contribution is 0.101. The van der Waals surface area contributed by atoms with Crippen molar-refractivity contribution in [1.29, 1.82) is 0 Å². The van der Waals surface area contributed by atoms with E-state index in [1.807, 2.05) is 32.0 Å². The molecular weight excluding hydrogens is 282 g/mol. The number of aryl methyl sites for hydroxylation is 2. The average Bonchev–Trinajstić information content (AvgIpc) is 2.99. The van der Waals surface area contributed by atoms with Crippen LogP contribution < -0.4 is 5.32 Å². The van der Waals surface area contributed by atoms with Gasteiger partial charge in [0.2, 0.25) is 5.89 Å². The van der Waals surface area contributed by atoms with E-state index in [0.717, 1.165) is 16.7 Å². The molecule has 1 N–H and O–H groups in total. The summed E-state index contributed by atoms with van der Waals surface area (Å²) in [4.78, 5) is 19.7. The minimum atomic E-state index is -0.454. The zero-order chi connectivity index (χ0) is 15.5. The summed E-state index contributed by atoms with van der Waals surface area (Å²) in [6, 6.07) is 5.96. The SMILES string of the molecule is Cc1ccc(C)c(-c2nnc(NC(=O)c3cnccn3)o2)c1. The van der Waals surface area contributed by atoms with E-state index in [1.54, 1.807) is 0 Å². The second-order valence-corrected chi connectivity index (χ2v) is 4.78. The van der Waals surface area contributed by atoms with Gasteiger partial charge in [-0.1, -0.05) is 22.8 Å². The van der Waals surface area contributed by atoms with E-state index in [0.29, 0.717) is 5.89 Å². The van der Waals surface area contributed by atoms with Gasteiger partial charge in [-0.2, -0.15) is 0 Å². The van der Waals surface area contributed by atoms with Crippen LogP contribution in [-0.4, -0.2) is 26.1 Å². The van der Waals surface area contributed by atoms with Gasteiger partial charge in [0.25, 0.3) is 5.91 Å². The molecule has 1 aromatic carbocycles. The van der Waals surface area contributed by atoms with Crippen molar-refractivity contribution in [3.05, 3.63) is 53.6 Å². The van der Waals surface area contributed by atoms with Crippen LogP contribution in [0.4, 0.5) is 6.01 Å². The maximum Gasteiger partial charge on any atom is 0.322 e. The quantitative estimate of drug-likeness (QED) is 0.797. The molecule has 0 saturated heterocycles. The summed E-state index contributed by atoms with van der Waals surface area (Å²) in [5.41, 5.74) is 3.12. The maximum atomic E-state index is 11.9. The number of anilines is 1. The number of aromatic nitrogens is 4. The van der Waals surface area contributed by atoms with Crippen LogP contribution in [0.2, 0.25) is 0 Å². The van der Waals surface area contributed by atoms with Gasteiger partial charge in [-0.05, 0) is 25.5 Å². The maximum absolute atomic E-state index is 11.9. The van der Waals surface area contributed by atoms with Gasteiger partial charge in [0.05, 0.1) is 6.20 Å². The molecule has 3 aromatic rings. The largest absolute Gasteiger partial charge is 0.403 e. The molecule has 0 unspecified atom stereocenters. The lowest BCUT2D eigenvalue weighted by atomic mass is 10.1. The van der Waals surface area contributed by atoms with Crippen molar-refractivity contribution < 1.29 is 9.21 Å². The minimum Gasteiger partial charge on any atom is -0.403 e. The number of benzene rings is 1. The van der Waals surface area contributed by atoms with Crippen molar-refractivity contribution in [2.24, 2.45) is 0 Å². The van der Waals surface area contributed by atoms with Crippen molar-refractivity contribution in [2.75, 3.05) is 5.32 Å². The smallest absolute Gasteiger partial charge is 0.322 e. The highest BCUT2D eigenvalue weighted by Crippen LogP contribution is 2.24. The Morgan fingerprint density at radius 2 is 2.05 bits per heavy atom. The number of nitrogens with zero attached hydrogens (tertiary/aromatic N) is 4. The molecule has 110 valence electrons. The predicted octanol–water partition coefficient (Wildman–Crippen LogP) is 2.40. The van der Waals surface area contributed by atoms with E-state index in [-0.39, 0.29) is 11.7 Å². The molecule has 2 aromatic heterocycles. The molecule has 0 radical (unpaired) electrons. The molecule has 0 aliphatic heterocycles. The van der Waals surface area contributed by atoms with Crippen LogP contribution in [0, 0.1) is 13.8 Å². The molecular formula is C15H13N5O2. The Kier molecular flexibility index (Phi) is 3.61. The first kappa shape index (κ1) is 13.9. The highest BCUT2D eigenvalue weighted by molar-refractivity contribution is 6.01. The van der Waals surface area contributed by atoms with Crippen molar-refractivity contribution in [1.82, 2.24) is 20.2 Å². The third kappa shape index (κ3) is 2.83. The summed E-state index contributed by atoms with van der Waals surface area (Å²) < 4.78 is 5.50. The first-order chi connectivity index (χ1) is 10.6. The molecule has 2 heterocycles. The van der Waals surface area contributed by atoms with Gasteiger partial charge in [0.1, 0.15) is 5.69 Å². The second kappa shape index (κ2) is 5.72. The summed E-state index contributed by atoms with van der Waals surface area (Å²) in [5, 5.41) is 10.3. The lowest BCUT2D eigenvalue weighted by Gasteiger charge is -2.02. The molecule has 0 fully saturated rings. The Hall–Kier alpha value is -3.09. The number of hydrogen-bond donors (Lipinski definition) is 1. The number of rotatable bonds is 3. The fourth-order valence-corrected chi connectivity index (χ4v) is 1.93. The van der Waals surface area contributed by atoms with Gasteiger partial charge in [0.15, 0.2) is 0 Å². The summed E-state index contributed by atoms with van der Waals surface area (Å²) in [6.45, 7) is 3.94. The zero-order valence-electron chi connectivity index (χ0n) is 12.1. The molecule has 22 heavy (non-hydrogen) atoms. The van der Waals surface area contributed by atoms with Crippen molar-refractivity contribution in [3.8, 4) is 11.5 Å². The van der Waals surface area contributed by atoms with Crippen LogP contribution in [0.5, 0.6) is 0 Å². The van der Waals surface area contributed by atoms with Crippen LogP contribution in [0.25, 0.3) is 11.5 Å². The third-order valence-electron chi connectivity index (χ3n) is 3.06. The Balaban J connectivity index is 1.82. The fourth-order valence-electron chi connectivity index (χ4n) is 1.93. The Labute approximate surface area is 126 Å². The van der Waals surface area contributed by atoms with E-state index in [4.69, 9.17) is 4.42 Å². The summed E-state index contributed by atoms with van der Waals surface area (Å²) in [6.07, 6.45) is 4.28. The van der Waals surface area contributed by atoms with Crippen LogP contribution >= 0.6 is 0 Å². The number of carbonyl (C=O) groups excluding carboxylic acids is 1. The first-order valence-corrected chi connectivity index (χ1v) is 6.62. The molecule has 0 aliphatic rings. The van der Waals surface area contributed by atoms with Crippen LogP contribution in [0.1, 0.15) is 21.6 Å². The summed E-state index contributed by atoms with van der Waals surface area (Å²) >= 11 is 0. The van der Waals surface area contributed by atoms with Gasteiger partial charge in [-0.3, -0.25) is 15.1 Å². The Bertz CT molecular complexity index is 814. The van der Waals surface area contributed by atoms with Crippen molar-refractivity contribution >= 4 is 11.9 Å². The molecule has 7 heteroatoms. The van der Waals surface area contributed by atoms with Gasteiger partial charge < -0.3 is 4.42 Å². The van der Waals surface area contributed by atoms with E-state index >= 15 is 0 Å². The number of nitrogens with one attached hydrogen (secondary N) is 1. The van der Waals surface area contributed by atoms with Crippen LogP contribution in [0.15, 0.2) is 41.2 Å². The van der Waals surface area contributed by atoms with E-state index < -0.39 is 5.91 Å². The third-order valence-corrected chi connectivity index (χ3v) is 3.06. The molecule has 3 rings (SSSR count). The average molecular weight is 295 g/mol. The monoisotopic (exact) mass is 295 g/mol. The normalized spacial score (nSPS) is 10.5. The van der Waals surface area contributed by atoms with E-state index in [2.05, 4.69) is 25.5 Å². The predicted molar refractivity (Wildman–Crippen MR) is 79.2 cm³/mol. The number of hydrogen-bond acceptors (Lipinski definition) is 6. The minimum absolute atomic E-state index is 0.0200. The van der Waals surface area contributed by atoms with Crippen molar-refractivity contribution in [3.63, 3.8) is 0 Å². The fraction of sp³-hybridized carbons (Fsp3) is 0.133. The molecule has 7 nitrogen and oxygen atoms in total. The standard InChI is InChI=1S/C15H13N5O2/c1-9-3-4-10(2)11(7-9)14-19-20-15(22-14)18-13(21)12-8-16-5-6-17-12/h3-8H,1-2H3,(H,18,20,21). The van der Waals surface area contributed by atoms with Gasteiger partial charge >= 0.3 is 6.01 Å². The molecule has 0 bridgehead atoms. The lowest BCUT2D eigenvalue weighted by Crippen LogP contribution is -2.13. The highest BCUT2D eigenvalue weighted by atomic mass is 16.4. The molecule has 1 amide bonds. The van der Waals surface area contributed by atoms with Gasteiger partial charge in [-0.15, -0.1) is 5.10 Å². The number of amides is 1. The molecule has 0 atom stereocenters. The number of carbonyl (C=O) groups is 1. The Morgan fingerprint density at radius 1 is 1.18 bits per heavy atom. The van der Waals surface area contributed by atoms with Gasteiger partial charge in [-0.25, -0.2) is 4.98 Å². The van der Waals surface area contributed by atoms with Crippen molar-refractivity contribution in [2.45, 2.75) is 13.8 Å². The second-order valence-electron chi connectivity index (χ2n) is 4.78. The molecule has 0 aliphatic carbocycles. The van der Waals surface area contributed by atoms with E-state index in [1.165, 1.54) is 18.6 Å². The van der Waals surface area contributed by atoms with Gasteiger partial charge in [0, 0.05) is 18.0 Å². The topological polar surface area (TPSA) is 93.8 Å². The highest BCUT2D eigenvalue weighted by Gasteiger charge is 2.14. The first-order valence-electron chi connectivity index (χ1n) is 6.62.